The monoisotopic (exact) mass is 310 g/mol. The lowest BCUT2D eigenvalue weighted by molar-refractivity contribution is -0.149. The molecule has 1 unspecified atom stereocenters. The van der Waals surface area contributed by atoms with Crippen LogP contribution < -0.4 is 0 Å². The Morgan fingerprint density at radius 1 is 1.43 bits per heavy atom. The zero-order valence-electron chi connectivity index (χ0n) is 12.6. The fraction of sp³-hybridized carbons (Fsp3) is 0.667. The first kappa shape index (κ1) is 15.9. The molecular weight excluding hydrogens is 288 g/mol. The van der Waals surface area contributed by atoms with Crippen molar-refractivity contribution in [2.45, 2.75) is 52.0 Å². The van der Waals surface area contributed by atoms with Crippen molar-refractivity contribution in [3.63, 3.8) is 0 Å². The maximum Gasteiger partial charge on any atom is 0.328 e. The van der Waals surface area contributed by atoms with Crippen molar-refractivity contribution in [3.05, 3.63) is 16.1 Å². The summed E-state index contributed by atoms with van der Waals surface area (Å²) in [5.74, 6) is -0.444. The molecular formula is C15H22N2O3S. The quantitative estimate of drug-likeness (QED) is 0.785. The van der Waals surface area contributed by atoms with Gasteiger partial charge < -0.3 is 9.64 Å². The number of likely N-dealkylation sites (tertiary alicyclic amines) is 1. The molecule has 1 saturated heterocycles. The molecule has 1 atom stereocenters. The third-order valence-corrected chi connectivity index (χ3v) is 4.47. The molecule has 2 heterocycles. The molecule has 1 amide bonds. The van der Waals surface area contributed by atoms with Crippen LogP contribution in [-0.2, 0) is 16.0 Å². The van der Waals surface area contributed by atoms with E-state index in [1.807, 2.05) is 0 Å². The van der Waals surface area contributed by atoms with Crippen LogP contribution in [0.1, 0.15) is 55.0 Å². The molecule has 0 radical (unpaired) electrons. The Kier molecular flexibility index (Phi) is 5.73. The summed E-state index contributed by atoms with van der Waals surface area (Å²) in [4.78, 5) is 30.6. The van der Waals surface area contributed by atoms with Crippen LogP contribution >= 0.6 is 11.3 Å². The average Bonchev–Trinajstić information content (AvgIpc) is 2.96. The van der Waals surface area contributed by atoms with Crippen molar-refractivity contribution in [2.24, 2.45) is 0 Å². The standard InChI is InChI=1S/C15H22N2O3S/c1-3-7-13-16-11(10-21-13)14(18)17-9-6-5-8-12(17)15(19)20-4-2/h10,12H,3-9H2,1-2H3. The molecule has 0 aliphatic carbocycles. The van der Waals surface area contributed by atoms with E-state index in [0.29, 0.717) is 25.3 Å². The summed E-state index contributed by atoms with van der Waals surface area (Å²) in [5, 5.41) is 2.77. The highest BCUT2D eigenvalue weighted by atomic mass is 32.1. The lowest BCUT2D eigenvalue weighted by atomic mass is 10.0. The maximum atomic E-state index is 12.6. The second-order valence-electron chi connectivity index (χ2n) is 5.14. The second kappa shape index (κ2) is 7.54. The third kappa shape index (κ3) is 3.81. The molecule has 2 rings (SSSR count). The van der Waals surface area contributed by atoms with E-state index >= 15 is 0 Å². The molecule has 21 heavy (non-hydrogen) atoms. The van der Waals surface area contributed by atoms with Crippen LogP contribution in [0.3, 0.4) is 0 Å². The molecule has 0 spiro atoms. The van der Waals surface area contributed by atoms with E-state index in [4.69, 9.17) is 4.74 Å². The van der Waals surface area contributed by atoms with E-state index in [9.17, 15) is 9.59 Å². The van der Waals surface area contributed by atoms with Gasteiger partial charge in [-0.2, -0.15) is 0 Å². The Hall–Kier alpha value is -1.43. The summed E-state index contributed by atoms with van der Waals surface area (Å²) < 4.78 is 5.09. The van der Waals surface area contributed by atoms with E-state index < -0.39 is 6.04 Å². The Bertz CT molecular complexity index is 501. The molecule has 1 aliphatic rings. The predicted octanol–water partition coefficient (Wildman–Crippen LogP) is 2.65. The molecule has 1 fully saturated rings. The van der Waals surface area contributed by atoms with Crippen molar-refractivity contribution in [1.29, 1.82) is 0 Å². The number of amides is 1. The highest BCUT2D eigenvalue weighted by Gasteiger charge is 2.34. The Labute approximate surface area is 129 Å². The first-order chi connectivity index (χ1) is 10.2. The van der Waals surface area contributed by atoms with Crippen LogP contribution in [0.15, 0.2) is 5.38 Å². The first-order valence-corrected chi connectivity index (χ1v) is 8.47. The topological polar surface area (TPSA) is 59.5 Å². The molecule has 1 aromatic rings. The van der Waals surface area contributed by atoms with Gasteiger partial charge in [-0.25, -0.2) is 9.78 Å². The molecule has 0 saturated carbocycles. The second-order valence-corrected chi connectivity index (χ2v) is 6.08. The van der Waals surface area contributed by atoms with Gasteiger partial charge in [0, 0.05) is 11.9 Å². The fourth-order valence-corrected chi connectivity index (χ4v) is 3.42. The van der Waals surface area contributed by atoms with Gasteiger partial charge >= 0.3 is 5.97 Å². The number of esters is 1. The SMILES string of the molecule is CCCc1nc(C(=O)N2CCCCC2C(=O)OCC)cs1. The minimum atomic E-state index is -0.456. The number of hydrogen-bond donors (Lipinski definition) is 0. The van der Waals surface area contributed by atoms with Crippen molar-refractivity contribution < 1.29 is 14.3 Å². The molecule has 6 heteroatoms. The highest BCUT2D eigenvalue weighted by molar-refractivity contribution is 7.09. The van der Waals surface area contributed by atoms with Gasteiger partial charge in [0.1, 0.15) is 11.7 Å². The number of thiazole rings is 1. The molecule has 1 aliphatic heterocycles. The number of carbonyl (C=O) groups is 2. The first-order valence-electron chi connectivity index (χ1n) is 7.59. The van der Waals surface area contributed by atoms with Crippen LogP contribution in [0.2, 0.25) is 0 Å². The lowest BCUT2D eigenvalue weighted by Crippen LogP contribution is -2.48. The van der Waals surface area contributed by atoms with Crippen LogP contribution in [-0.4, -0.2) is 41.0 Å². The number of aromatic nitrogens is 1. The van der Waals surface area contributed by atoms with Gasteiger partial charge in [0.25, 0.3) is 5.91 Å². The zero-order chi connectivity index (χ0) is 15.2. The zero-order valence-corrected chi connectivity index (χ0v) is 13.4. The molecule has 1 aromatic heterocycles. The summed E-state index contributed by atoms with van der Waals surface area (Å²) >= 11 is 1.51. The average molecular weight is 310 g/mol. The van der Waals surface area contributed by atoms with Crippen LogP contribution in [0.25, 0.3) is 0 Å². The summed E-state index contributed by atoms with van der Waals surface area (Å²) in [7, 11) is 0. The van der Waals surface area contributed by atoms with E-state index in [2.05, 4.69) is 11.9 Å². The van der Waals surface area contributed by atoms with Gasteiger partial charge in [-0.3, -0.25) is 4.79 Å². The Morgan fingerprint density at radius 2 is 2.24 bits per heavy atom. The number of aryl methyl sites for hydroxylation is 1. The van der Waals surface area contributed by atoms with E-state index in [1.165, 1.54) is 11.3 Å². The van der Waals surface area contributed by atoms with E-state index in [0.717, 1.165) is 30.7 Å². The minimum Gasteiger partial charge on any atom is -0.464 e. The molecule has 0 bridgehead atoms. The normalized spacial score (nSPS) is 18.6. The van der Waals surface area contributed by atoms with Gasteiger partial charge in [-0.15, -0.1) is 11.3 Å². The van der Waals surface area contributed by atoms with Crippen molar-refractivity contribution in [1.82, 2.24) is 9.88 Å². The van der Waals surface area contributed by atoms with E-state index in [1.54, 1.807) is 17.2 Å². The summed E-state index contributed by atoms with van der Waals surface area (Å²) in [6.45, 7) is 4.81. The summed E-state index contributed by atoms with van der Waals surface area (Å²) in [6.07, 6.45) is 4.45. The largest absolute Gasteiger partial charge is 0.464 e. The van der Waals surface area contributed by atoms with Crippen LogP contribution in [0.4, 0.5) is 0 Å². The molecule has 0 aromatic carbocycles. The number of carbonyl (C=O) groups excluding carboxylic acids is 2. The Balaban J connectivity index is 2.12. The van der Waals surface area contributed by atoms with Crippen LogP contribution in [0.5, 0.6) is 0 Å². The maximum absolute atomic E-state index is 12.6. The fourth-order valence-electron chi connectivity index (χ4n) is 2.54. The summed E-state index contributed by atoms with van der Waals surface area (Å²) in [6, 6.07) is -0.456. The van der Waals surface area contributed by atoms with Gasteiger partial charge in [-0.05, 0) is 39.0 Å². The molecule has 0 N–H and O–H groups in total. The third-order valence-electron chi connectivity index (χ3n) is 3.56. The van der Waals surface area contributed by atoms with Crippen LogP contribution in [0, 0.1) is 0 Å². The lowest BCUT2D eigenvalue weighted by Gasteiger charge is -2.33. The minimum absolute atomic E-state index is 0.147. The summed E-state index contributed by atoms with van der Waals surface area (Å²) in [5.41, 5.74) is 0.458. The highest BCUT2D eigenvalue weighted by Crippen LogP contribution is 2.22. The van der Waals surface area contributed by atoms with E-state index in [-0.39, 0.29) is 11.9 Å². The van der Waals surface area contributed by atoms with Crippen molar-refractivity contribution in [2.75, 3.05) is 13.2 Å². The smallest absolute Gasteiger partial charge is 0.328 e. The van der Waals surface area contributed by atoms with Gasteiger partial charge in [0.2, 0.25) is 0 Å². The van der Waals surface area contributed by atoms with Crippen molar-refractivity contribution >= 4 is 23.2 Å². The predicted molar refractivity (Wildman–Crippen MR) is 81.4 cm³/mol. The van der Waals surface area contributed by atoms with Gasteiger partial charge in [0.05, 0.1) is 11.6 Å². The number of nitrogens with zero attached hydrogens (tertiary/aromatic N) is 2. The van der Waals surface area contributed by atoms with Crippen molar-refractivity contribution in [3.8, 4) is 0 Å². The molecule has 5 nitrogen and oxygen atoms in total. The number of ether oxygens (including phenoxy) is 1. The van der Waals surface area contributed by atoms with Gasteiger partial charge in [0.15, 0.2) is 0 Å². The Morgan fingerprint density at radius 3 is 2.95 bits per heavy atom. The number of piperidine rings is 1. The van der Waals surface area contributed by atoms with Gasteiger partial charge in [-0.1, -0.05) is 6.92 Å². The molecule has 116 valence electrons. The number of hydrogen-bond acceptors (Lipinski definition) is 5. The number of rotatable bonds is 5.